The van der Waals surface area contributed by atoms with Crippen molar-refractivity contribution in [2.45, 2.75) is 58.5 Å². The second kappa shape index (κ2) is 7.74. The molecule has 0 bridgehead atoms. The molecule has 0 aromatic carbocycles. The third kappa shape index (κ3) is 5.92. The van der Waals surface area contributed by atoms with Crippen LogP contribution < -0.4 is 0 Å². The van der Waals surface area contributed by atoms with E-state index in [4.69, 9.17) is 0 Å². The molecule has 2 heteroatoms. The number of hydrogen-bond acceptors (Lipinski definition) is 2. The van der Waals surface area contributed by atoms with E-state index >= 15 is 0 Å². The Kier molecular flexibility index (Phi) is 7.40. The summed E-state index contributed by atoms with van der Waals surface area (Å²) in [5.74, 6) is -0.106. The molecule has 0 radical (unpaired) electrons. The lowest BCUT2D eigenvalue weighted by molar-refractivity contribution is -0.114. The second-order valence-electron chi connectivity index (χ2n) is 3.80. The molecule has 0 amide bonds. The molecule has 0 aliphatic carbocycles. The van der Waals surface area contributed by atoms with E-state index in [9.17, 15) is 9.90 Å². The average molecular weight is 198 g/mol. The van der Waals surface area contributed by atoms with Crippen LogP contribution in [0.25, 0.3) is 0 Å². The normalized spacial score (nSPS) is 12.5. The lowest BCUT2D eigenvalue weighted by Crippen LogP contribution is -2.14. The number of aliphatic hydroxyl groups excluding tert-OH is 1. The Morgan fingerprint density at radius 1 is 1.29 bits per heavy atom. The maximum Gasteiger partial charge on any atom is 0.157 e. The Labute approximate surface area is 87.0 Å². The first-order chi connectivity index (χ1) is 6.59. The summed E-state index contributed by atoms with van der Waals surface area (Å²) in [5, 5.41) is 9.52. The van der Waals surface area contributed by atoms with Gasteiger partial charge in [-0.1, -0.05) is 45.6 Å². The van der Waals surface area contributed by atoms with Gasteiger partial charge in [-0.3, -0.25) is 4.79 Å². The molecule has 82 valence electrons. The van der Waals surface area contributed by atoms with Crippen LogP contribution in [0.4, 0.5) is 0 Å². The first-order valence-corrected chi connectivity index (χ1v) is 5.47. The molecule has 0 aliphatic heterocycles. The molecule has 0 saturated heterocycles. The van der Waals surface area contributed by atoms with Gasteiger partial charge in [-0.2, -0.15) is 0 Å². The summed E-state index contributed by atoms with van der Waals surface area (Å²) >= 11 is 0. The van der Waals surface area contributed by atoms with Crippen molar-refractivity contribution in [2.24, 2.45) is 0 Å². The van der Waals surface area contributed by atoms with Crippen molar-refractivity contribution < 1.29 is 9.90 Å². The van der Waals surface area contributed by atoms with Crippen LogP contribution >= 0.6 is 0 Å². The monoisotopic (exact) mass is 198 g/mol. The van der Waals surface area contributed by atoms with Crippen LogP contribution in [0, 0.1) is 0 Å². The standard InChI is InChI=1S/C12H22O2/c1-4-5-6-7-8-9-12(14)10(2)11(3)13/h12,14H,2,4-9H2,1,3H3/t12-/m1/s1. The molecule has 1 N–H and O–H groups in total. The fraction of sp³-hybridized carbons (Fsp3) is 0.750. The molecule has 0 rings (SSSR count). The van der Waals surface area contributed by atoms with Crippen LogP contribution in [0.2, 0.25) is 0 Å². The van der Waals surface area contributed by atoms with Gasteiger partial charge >= 0.3 is 0 Å². The summed E-state index contributed by atoms with van der Waals surface area (Å²) in [5.41, 5.74) is 0.348. The van der Waals surface area contributed by atoms with Gasteiger partial charge in [0.15, 0.2) is 5.78 Å². The molecular formula is C12H22O2. The highest BCUT2D eigenvalue weighted by atomic mass is 16.3. The number of hydrogen-bond donors (Lipinski definition) is 1. The Morgan fingerprint density at radius 2 is 1.86 bits per heavy atom. The van der Waals surface area contributed by atoms with Crippen molar-refractivity contribution in [2.75, 3.05) is 0 Å². The summed E-state index contributed by atoms with van der Waals surface area (Å²) in [7, 11) is 0. The second-order valence-corrected chi connectivity index (χ2v) is 3.80. The maximum absolute atomic E-state index is 10.9. The number of rotatable bonds is 8. The van der Waals surface area contributed by atoms with Gasteiger partial charge in [0.05, 0.1) is 6.10 Å². The van der Waals surface area contributed by atoms with E-state index in [2.05, 4.69) is 13.5 Å². The molecule has 0 unspecified atom stereocenters. The highest BCUT2D eigenvalue weighted by Gasteiger charge is 2.11. The predicted molar refractivity (Wildman–Crippen MR) is 59.2 cm³/mol. The third-order valence-electron chi connectivity index (χ3n) is 2.44. The summed E-state index contributed by atoms with van der Waals surface area (Å²) < 4.78 is 0. The molecule has 14 heavy (non-hydrogen) atoms. The maximum atomic E-state index is 10.9. The zero-order chi connectivity index (χ0) is 11.0. The lowest BCUT2D eigenvalue weighted by Gasteiger charge is -2.10. The first-order valence-electron chi connectivity index (χ1n) is 5.47. The molecule has 0 heterocycles. The van der Waals surface area contributed by atoms with Crippen molar-refractivity contribution >= 4 is 5.78 Å². The Balaban J connectivity index is 3.49. The molecule has 0 saturated carbocycles. The van der Waals surface area contributed by atoms with E-state index in [1.54, 1.807) is 0 Å². The van der Waals surface area contributed by atoms with Crippen LogP contribution in [0.15, 0.2) is 12.2 Å². The molecule has 2 nitrogen and oxygen atoms in total. The van der Waals surface area contributed by atoms with Gasteiger partial charge in [-0.05, 0) is 13.3 Å². The van der Waals surface area contributed by atoms with Gasteiger partial charge in [0.2, 0.25) is 0 Å². The largest absolute Gasteiger partial charge is 0.388 e. The van der Waals surface area contributed by atoms with Gasteiger partial charge in [-0.25, -0.2) is 0 Å². The van der Waals surface area contributed by atoms with Crippen LogP contribution in [0.5, 0.6) is 0 Å². The molecule has 1 atom stereocenters. The predicted octanol–water partition coefficient (Wildman–Crippen LogP) is 2.85. The Morgan fingerprint density at radius 3 is 2.36 bits per heavy atom. The fourth-order valence-electron chi connectivity index (χ4n) is 1.35. The van der Waals surface area contributed by atoms with Crippen molar-refractivity contribution in [3.05, 3.63) is 12.2 Å². The van der Waals surface area contributed by atoms with Crippen LogP contribution in [-0.4, -0.2) is 17.0 Å². The quantitative estimate of drug-likeness (QED) is 0.481. The number of ketones is 1. The molecule has 0 aromatic heterocycles. The Bertz CT molecular complexity index is 185. The van der Waals surface area contributed by atoms with Crippen LogP contribution in [-0.2, 0) is 4.79 Å². The molecule has 0 aliphatic rings. The van der Waals surface area contributed by atoms with Gasteiger partial charge in [0, 0.05) is 5.57 Å². The van der Waals surface area contributed by atoms with E-state index in [0.29, 0.717) is 12.0 Å². The van der Waals surface area contributed by atoms with Crippen molar-refractivity contribution in [1.29, 1.82) is 0 Å². The van der Waals surface area contributed by atoms with Crippen molar-refractivity contribution in [1.82, 2.24) is 0 Å². The molecule has 0 fully saturated rings. The van der Waals surface area contributed by atoms with Crippen LogP contribution in [0.1, 0.15) is 52.4 Å². The van der Waals surface area contributed by atoms with Gasteiger partial charge in [0.1, 0.15) is 0 Å². The highest BCUT2D eigenvalue weighted by Crippen LogP contribution is 2.11. The number of Topliss-reactive ketones (excluding diaryl/α,β-unsaturated/α-hetero) is 1. The fourth-order valence-corrected chi connectivity index (χ4v) is 1.35. The zero-order valence-electron chi connectivity index (χ0n) is 9.38. The summed E-state index contributed by atoms with van der Waals surface area (Å²) in [6.07, 6.45) is 5.85. The Hall–Kier alpha value is -0.630. The number of carbonyl (C=O) groups excluding carboxylic acids is 1. The SMILES string of the molecule is C=C(C(C)=O)[C@H](O)CCCCCCC. The van der Waals surface area contributed by atoms with Crippen molar-refractivity contribution in [3.63, 3.8) is 0 Å². The molecular weight excluding hydrogens is 176 g/mol. The van der Waals surface area contributed by atoms with Crippen molar-refractivity contribution in [3.8, 4) is 0 Å². The third-order valence-corrected chi connectivity index (χ3v) is 2.44. The minimum atomic E-state index is -0.630. The first kappa shape index (κ1) is 13.4. The summed E-state index contributed by atoms with van der Waals surface area (Å²) in [4.78, 5) is 10.9. The number of unbranched alkanes of at least 4 members (excludes halogenated alkanes) is 4. The van der Waals surface area contributed by atoms with Crippen LogP contribution in [0.3, 0.4) is 0 Å². The topological polar surface area (TPSA) is 37.3 Å². The van der Waals surface area contributed by atoms with E-state index in [1.807, 2.05) is 0 Å². The summed E-state index contributed by atoms with van der Waals surface area (Å²) in [6, 6.07) is 0. The van der Waals surface area contributed by atoms with E-state index < -0.39 is 6.10 Å². The van der Waals surface area contributed by atoms with E-state index in [-0.39, 0.29) is 5.78 Å². The zero-order valence-corrected chi connectivity index (χ0v) is 9.38. The molecule has 0 spiro atoms. The van der Waals surface area contributed by atoms with E-state index in [0.717, 1.165) is 12.8 Å². The summed E-state index contributed by atoms with van der Waals surface area (Å²) in [6.45, 7) is 7.19. The number of aliphatic hydroxyl groups is 1. The number of carbonyl (C=O) groups is 1. The molecule has 0 aromatic rings. The van der Waals surface area contributed by atoms with Gasteiger partial charge in [0.25, 0.3) is 0 Å². The minimum Gasteiger partial charge on any atom is -0.388 e. The highest BCUT2D eigenvalue weighted by molar-refractivity contribution is 5.93. The van der Waals surface area contributed by atoms with Gasteiger partial charge < -0.3 is 5.11 Å². The lowest BCUT2D eigenvalue weighted by atomic mass is 10.0. The smallest absolute Gasteiger partial charge is 0.157 e. The average Bonchev–Trinajstić information content (AvgIpc) is 2.16. The van der Waals surface area contributed by atoms with Gasteiger partial charge in [-0.15, -0.1) is 0 Å². The minimum absolute atomic E-state index is 0.106. The van der Waals surface area contributed by atoms with E-state index in [1.165, 1.54) is 26.2 Å².